The Morgan fingerprint density at radius 3 is 2.26 bits per heavy atom. The van der Waals surface area contributed by atoms with Crippen LogP contribution in [0.25, 0.3) is 0 Å². The van der Waals surface area contributed by atoms with Crippen LogP contribution in [0.2, 0.25) is 0 Å². The molecular weight excluding hydrogens is 368 g/mol. The third-order valence-corrected chi connectivity index (χ3v) is 4.67. The van der Waals surface area contributed by atoms with Gasteiger partial charge in [0, 0.05) is 12.1 Å². The summed E-state index contributed by atoms with van der Waals surface area (Å²) in [6, 6.07) is 15.4. The molecule has 0 heterocycles. The quantitative estimate of drug-likeness (QED) is 0.503. The first-order valence-electron chi connectivity index (χ1n) is 8.47. The van der Waals surface area contributed by atoms with Gasteiger partial charge in [0.2, 0.25) is 15.9 Å². The minimum atomic E-state index is -3.77. The number of benzene rings is 2. The summed E-state index contributed by atoms with van der Waals surface area (Å²) in [6.07, 6.45) is 1.50. The lowest BCUT2D eigenvalue weighted by Crippen LogP contribution is -2.15. The van der Waals surface area contributed by atoms with Gasteiger partial charge in [-0.25, -0.2) is 13.6 Å². The van der Waals surface area contributed by atoms with Gasteiger partial charge >= 0.3 is 5.97 Å². The first-order valence-corrected chi connectivity index (χ1v) is 10.0. The zero-order chi connectivity index (χ0) is 19.7. The van der Waals surface area contributed by atoms with Crippen LogP contribution >= 0.6 is 0 Å². The van der Waals surface area contributed by atoms with E-state index in [1.165, 1.54) is 29.8 Å². The Labute approximate surface area is 158 Å². The maximum absolute atomic E-state index is 11.9. The van der Waals surface area contributed by atoms with E-state index in [1.54, 1.807) is 0 Å². The molecule has 2 rings (SSSR count). The van der Waals surface area contributed by atoms with Crippen LogP contribution in [0.1, 0.15) is 24.8 Å². The minimum Gasteiger partial charge on any atom is -0.466 e. The van der Waals surface area contributed by atoms with Gasteiger partial charge in [-0.3, -0.25) is 9.59 Å². The van der Waals surface area contributed by atoms with Crippen LogP contribution in [0.15, 0.2) is 59.5 Å². The van der Waals surface area contributed by atoms with Gasteiger partial charge in [0.05, 0.1) is 17.9 Å². The van der Waals surface area contributed by atoms with E-state index < -0.39 is 16.0 Å². The molecular formula is C19H22N2O5S. The van der Waals surface area contributed by atoms with E-state index in [1.807, 2.05) is 30.3 Å². The lowest BCUT2D eigenvalue weighted by Gasteiger charge is -2.07. The third-order valence-electron chi connectivity index (χ3n) is 3.74. The molecule has 0 aliphatic heterocycles. The van der Waals surface area contributed by atoms with E-state index in [-0.39, 0.29) is 23.6 Å². The summed E-state index contributed by atoms with van der Waals surface area (Å²) in [5.74, 6) is -0.789. The summed E-state index contributed by atoms with van der Waals surface area (Å²) in [6.45, 7) is 0.310. The highest BCUT2D eigenvalue weighted by Gasteiger charge is 2.10. The third kappa shape index (κ3) is 7.59. The molecule has 0 aliphatic carbocycles. The fourth-order valence-electron chi connectivity index (χ4n) is 2.35. The van der Waals surface area contributed by atoms with Crippen LogP contribution < -0.4 is 10.5 Å². The van der Waals surface area contributed by atoms with Crippen molar-refractivity contribution in [2.75, 3.05) is 11.9 Å². The van der Waals surface area contributed by atoms with Crippen LogP contribution in [-0.2, 0) is 30.8 Å². The highest BCUT2D eigenvalue weighted by molar-refractivity contribution is 7.89. The maximum atomic E-state index is 11.9. The molecule has 7 nitrogen and oxygen atoms in total. The number of rotatable bonds is 9. The minimum absolute atomic E-state index is 0.0194. The zero-order valence-corrected chi connectivity index (χ0v) is 15.6. The monoisotopic (exact) mass is 390 g/mol. The van der Waals surface area contributed by atoms with E-state index >= 15 is 0 Å². The van der Waals surface area contributed by atoms with Crippen LogP contribution in [-0.4, -0.2) is 26.9 Å². The molecule has 0 unspecified atom stereocenters. The molecule has 3 N–H and O–H groups in total. The molecule has 0 bridgehead atoms. The van der Waals surface area contributed by atoms with Crippen LogP contribution in [0.5, 0.6) is 0 Å². The zero-order valence-electron chi connectivity index (χ0n) is 14.8. The van der Waals surface area contributed by atoms with Gasteiger partial charge in [0.1, 0.15) is 0 Å². The Kier molecular flexibility index (Phi) is 7.51. The maximum Gasteiger partial charge on any atom is 0.306 e. The lowest BCUT2D eigenvalue weighted by atomic mass is 10.1. The van der Waals surface area contributed by atoms with Gasteiger partial charge in [-0.2, -0.15) is 0 Å². The summed E-state index contributed by atoms with van der Waals surface area (Å²) in [4.78, 5) is 23.5. The summed E-state index contributed by atoms with van der Waals surface area (Å²) >= 11 is 0. The predicted octanol–water partition coefficient (Wildman–Crippen LogP) is 2.23. The highest BCUT2D eigenvalue weighted by Crippen LogP contribution is 2.13. The number of sulfonamides is 1. The van der Waals surface area contributed by atoms with E-state index in [0.717, 1.165) is 12.8 Å². The van der Waals surface area contributed by atoms with Crippen LogP contribution in [0.3, 0.4) is 0 Å². The largest absolute Gasteiger partial charge is 0.466 e. The number of amides is 1. The average Bonchev–Trinajstić information content (AvgIpc) is 2.64. The number of hydrogen-bond donors (Lipinski definition) is 2. The van der Waals surface area contributed by atoms with E-state index in [0.29, 0.717) is 12.3 Å². The molecule has 0 saturated heterocycles. The van der Waals surface area contributed by atoms with Crippen molar-refractivity contribution in [3.63, 3.8) is 0 Å². The summed E-state index contributed by atoms with van der Waals surface area (Å²) in [5.41, 5.74) is 1.60. The van der Waals surface area contributed by atoms with Crippen molar-refractivity contribution in [3.8, 4) is 0 Å². The first kappa shape index (κ1) is 20.6. The molecule has 2 aromatic carbocycles. The number of nitrogens with one attached hydrogen (secondary N) is 1. The normalized spacial score (nSPS) is 11.0. The second kappa shape index (κ2) is 9.84. The molecule has 0 radical (unpaired) electrons. The highest BCUT2D eigenvalue weighted by atomic mass is 32.2. The van der Waals surface area contributed by atoms with Crippen molar-refractivity contribution in [2.45, 2.75) is 30.6 Å². The number of primary sulfonamides is 1. The number of carbonyl (C=O) groups is 2. The number of ether oxygens (including phenoxy) is 1. The number of esters is 1. The molecule has 0 atom stereocenters. The van der Waals surface area contributed by atoms with Gasteiger partial charge in [0.25, 0.3) is 0 Å². The molecule has 144 valence electrons. The Morgan fingerprint density at radius 2 is 1.63 bits per heavy atom. The molecule has 0 saturated carbocycles. The second-order valence-corrected chi connectivity index (χ2v) is 7.49. The fraction of sp³-hybridized carbons (Fsp3) is 0.263. The topological polar surface area (TPSA) is 116 Å². The van der Waals surface area contributed by atoms with E-state index in [9.17, 15) is 18.0 Å². The van der Waals surface area contributed by atoms with Crippen molar-refractivity contribution in [1.82, 2.24) is 0 Å². The average molecular weight is 390 g/mol. The molecule has 0 aromatic heterocycles. The predicted molar refractivity (Wildman–Crippen MR) is 101 cm³/mol. The molecule has 0 aliphatic rings. The van der Waals surface area contributed by atoms with Crippen molar-refractivity contribution in [3.05, 3.63) is 60.2 Å². The lowest BCUT2D eigenvalue weighted by molar-refractivity contribution is -0.144. The molecule has 0 fully saturated rings. The van der Waals surface area contributed by atoms with Gasteiger partial charge < -0.3 is 10.1 Å². The smallest absolute Gasteiger partial charge is 0.306 e. The number of carbonyl (C=O) groups excluding carboxylic acids is 2. The van der Waals surface area contributed by atoms with Crippen LogP contribution in [0.4, 0.5) is 5.69 Å². The van der Waals surface area contributed by atoms with Crippen molar-refractivity contribution >= 4 is 27.6 Å². The van der Waals surface area contributed by atoms with Gasteiger partial charge in [0.15, 0.2) is 0 Å². The molecule has 27 heavy (non-hydrogen) atoms. The molecule has 1 amide bonds. The molecule has 8 heteroatoms. The second-order valence-electron chi connectivity index (χ2n) is 5.93. The van der Waals surface area contributed by atoms with E-state index in [2.05, 4.69) is 5.32 Å². The standard InChI is InChI=1S/C19H22N2O5S/c20-27(24,25)17-10-8-16(9-11-17)21-18(22)12-13-19(23)26-14-4-7-15-5-2-1-3-6-15/h1-3,5-6,8-11H,4,7,12-14H2,(H,21,22)(H2,20,24,25). The summed E-state index contributed by atoms with van der Waals surface area (Å²) in [5, 5.41) is 7.59. The summed E-state index contributed by atoms with van der Waals surface area (Å²) in [7, 11) is -3.77. The van der Waals surface area contributed by atoms with Gasteiger partial charge in [-0.1, -0.05) is 30.3 Å². The summed E-state index contributed by atoms with van der Waals surface area (Å²) < 4.78 is 27.5. The number of nitrogens with two attached hydrogens (primary N) is 1. The Bertz CT molecular complexity index is 865. The SMILES string of the molecule is NS(=O)(=O)c1ccc(NC(=O)CCC(=O)OCCCc2ccccc2)cc1. The Balaban J connectivity index is 1.65. The van der Waals surface area contributed by atoms with Crippen molar-refractivity contribution < 1.29 is 22.7 Å². The fourth-order valence-corrected chi connectivity index (χ4v) is 2.86. The molecule has 2 aromatic rings. The number of anilines is 1. The van der Waals surface area contributed by atoms with Gasteiger partial charge in [-0.15, -0.1) is 0 Å². The molecule has 0 spiro atoms. The van der Waals surface area contributed by atoms with E-state index in [4.69, 9.17) is 9.88 Å². The number of aryl methyl sites for hydroxylation is 1. The van der Waals surface area contributed by atoms with Gasteiger partial charge in [-0.05, 0) is 42.7 Å². The first-order chi connectivity index (χ1) is 12.8. The van der Waals surface area contributed by atoms with Crippen molar-refractivity contribution in [2.24, 2.45) is 5.14 Å². The number of hydrogen-bond acceptors (Lipinski definition) is 5. The van der Waals surface area contributed by atoms with Crippen molar-refractivity contribution in [1.29, 1.82) is 0 Å². The Hall–Kier alpha value is -2.71. The van der Waals surface area contributed by atoms with Crippen LogP contribution in [0, 0.1) is 0 Å². The Morgan fingerprint density at radius 1 is 0.963 bits per heavy atom.